The second kappa shape index (κ2) is 2.48. The number of aryl methyl sites for hydroxylation is 1. The number of rotatable bonds is 1. The molecule has 2 aromatic heterocycles. The summed E-state index contributed by atoms with van der Waals surface area (Å²) < 4.78 is 1.75. The van der Waals surface area contributed by atoms with Gasteiger partial charge in [0.15, 0.2) is 5.82 Å². The van der Waals surface area contributed by atoms with Crippen LogP contribution >= 0.6 is 0 Å². The van der Waals surface area contributed by atoms with E-state index in [0.717, 1.165) is 11.9 Å². The molecule has 2 heterocycles. The smallest absolute Gasteiger partial charge is 0.151 e. The van der Waals surface area contributed by atoms with E-state index in [1.54, 1.807) is 4.52 Å². The van der Waals surface area contributed by atoms with Gasteiger partial charge in [0.2, 0.25) is 0 Å². The van der Waals surface area contributed by atoms with Crippen molar-refractivity contribution >= 4 is 11.3 Å². The number of nitrogens with two attached hydrogens (primary N) is 1. The molecule has 0 aliphatic heterocycles. The maximum absolute atomic E-state index is 5.65. The minimum Gasteiger partial charge on any atom is -0.382 e. The molecule has 2 rings (SSSR count). The van der Waals surface area contributed by atoms with Gasteiger partial charge >= 0.3 is 0 Å². The first-order chi connectivity index (χ1) is 5.81. The first kappa shape index (κ1) is 7.09. The van der Waals surface area contributed by atoms with Gasteiger partial charge in [0.25, 0.3) is 0 Å². The first-order valence-electron chi connectivity index (χ1n) is 3.89. The highest BCUT2D eigenvalue weighted by Crippen LogP contribution is 2.12. The fraction of sp³-hybridized carbons (Fsp3) is 0.250. The lowest BCUT2D eigenvalue weighted by atomic mass is 10.3. The van der Waals surface area contributed by atoms with Crippen molar-refractivity contribution in [1.29, 1.82) is 0 Å². The fourth-order valence-corrected chi connectivity index (χ4v) is 1.20. The van der Waals surface area contributed by atoms with Gasteiger partial charge in [0, 0.05) is 6.20 Å². The average molecular weight is 162 g/mol. The average Bonchev–Trinajstić information content (AvgIpc) is 2.49. The molecule has 0 fully saturated rings. The second-order valence-electron chi connectivity index (χ2n) is 2.68. The van der Waals surface area contributed by atoms with E-state index in [1.807, 2.05) is 12.3 Å². The summed E-state index contributed by atoms with van der Waals surface area (Å²) in [7, 11) is 0. The molecular formula is C8H10N4. The van der Waals surface area contributed by atoms with Gasteiger partial charge < -0.3 is 5.73 Å². The van der Waals surface area contributed by atoms with Gasteiger partial charge in [-0.2, -0.15) is 5.10 Å². The maximum Gasteiger partial charge on any atom is 0.151 e. The SMILES string of the molecule is CCc1cc2c(N)ncnn2c1. The van der Waals surface area contributed by atoms with Crippen LogP contribution in [0, 0.1) is 0 Å². The van der Waals surface area contributed by atoms with Crippen LogP contribution in [-0.2, 0) is 6.42 Å². The summed E-state index contributed by atoms with van der Waals surface area (Å²) in [4.78, 5) is 3.90. The van der Waals surface area contributed by atoms with E-state index in [0.29, 0.717) is 5.82 Å². The van der Waals surface area contributed by atoms with Crippen LogP contribution in [0.4, 0.5) is 5.82 Å². The third-order valence-corrected chi connectivity index (χ3v) is 1.90. The van der Waals surface area contributed by atoms with Crippen molar-refractivity contribution in [3.05, 3.63) is 24.2 Å². The number of anilines is 1. The van der Waals surface area contributed by atoms with Gasteiger partial charge in [-0.3, -0.25) is 0 Å². The molecule has 0 bridgehead atoms. The molecule has 0 saturated carbocycles. The molecule has 4 nitrogen and oxygen atoms in total. The molecule has 0 aliphatic carbocycles. The lowest BCUT2D eigenvalue weighted by Gasteiger charge is -1.93. The third-order valence-electron chi connectivity index (χ3n) is 1.90. The summed E-state index contributed by atoms with van der Waals surface area (Å²) in [5, 5.41) is 4.04. The Morgan fingerprint density at radius 2 is 2.42 bits per heavy atom. The molecular weight excluding hydrogens is 152 g/mol. The number of aromatic nitrogens is 3. The number of hydrogen-bond donors (Lipinski definition) is 1. The normalized spacial score (nSPS) is 10.8. The molecule has 0 aliphatic rings. The van der Waals surface area contributed by atoms with Crippen molar-refractivity contribution in [2.24, 2.45) is 0 Å². The molecule has 0 atom stereocenters. The second-order valence-corrected chi connectivity index (χ2v) is 2.68. The van der Waals surface area contributed by atoms with Crippen molar-refractivity contribution in [3.8, 4) is 0 Å². The predicted molar refractivity (Wildman–Crippen MR) is 46.8 cm³/mol. The van der Waals surface area contributed by atoms with E-state index in [2.05, 4.69) is 17.0 Å². The molecule has 0 amide bonds. The summed E-state index contributed by atoms with van der Waals surface area (Å²) in [5.74, 6) is 0.532. The zero-order chi connectivity index (χ0) is 8.55. The molecule has 2 aromatic rings. The van der Waals surface area contributed by atoms with Crippen LogP contribution in [0.15, 0.2) is 18.6 Å². The van der Waals surface area contributed by atoms with Crippen LogP contribution in [-0.4, -0.2) is 14.6 Å². The van der Waals surface area contributed by atoms with Crippen LogP contribution in [0.25, 0.3) is 5.52 Å². The molecule has 12 heavy (non-hydrogen) atoms. The molecule has 2 N–H and O–H groups in total. The number of nitrogen functional groups attached to an aromatic ring is 1. The summed E-state index contributed by atoms with van der Waals surface area (Å²) in [6.07, 6.45) is 4.41. The van der Waals surface area contributed by atoms with Gasteiger partial charge in [0.05, 0.1) is 0 Å². The zero-order valence-corrected chi connectivity index (χ0v) is 6.86. The van der Waals surface area contributed by atoms with E-state index < -0.39 is 0 Å². The Morgan fingerprint density at radius 1 is 1.58 bits per heavy atom. The Bertz CT molecular complexity index is 404. The Hall–Kier alpha value is -1.58. The zero-order valence-electron chi connectivity index (χ0n) is 6.86. The summed E-state index contributed by atoms with van der Waals surface area (Å²) in [6, 6.07) is 2.01. The minimum absolute atomic E-state index is 0.532. The van der Waals surface area contributed by atoms with Crippen LogP contribution in [0.2, 0.25) is 0 Å². The largest absolute Gasteiger partial charge is 0.382 e. The Morgan fingerprint density at radius 3 is 3.08 bits per heavy atom. The van der Waals surface area contributed by atoms with E-state index in [-0.39, 0.29) is 0 Å². The van der Waals surface area contributed by atoms with E-state index >= 15 is 0 Å². The summed E-state index contributed by atoms with van der Waals surface area (Å²) in [5.41, 5.74) is 7.76. The lowest BCUT2D eigenvalue weighted by Crippen LogP contribution is -1.96. The van der Waals surface area contributed by atoms with Gasteiger partial charge in [-0.1, -0.05) is 6.92 Å². The van der Waals surface area contributed by atoms with Crippen molar-refractivity contribution in [2.75, 3.05) is 5.73 Å². The molecule has 0 unspecified atom stereocenters. The first-order valence-corrected chi connectivity index (χ1v) is 3.89. The number of nitrogens with zero attached hydrogens (tertiary/aromatic N) is 3. The van der Waals surface area contributed by atoms with E-state index in [1.165, 1.54) is 11.9 Å². The quantitative estimate of drug-likeness (QED) is 0.677. The molecule has 0 saturated heterocycles. The Balaban J connectivity index is 2.74. The molecule has 0 aromatic carbocycles. The molecule has 4 heteroatoms. The highest BCUT2D eigenvalue weighted by molar-refractivity contribution is 5.65. The highest BCUT2D eigenvalue weighted by atomic mass is 15.2. The van der Waals surface area contributed by atoms with E-state index in [4.69, 9.17) is 5.73 Å². The monoisotopic (exact) mass is 162 g/mol. The predicted octanol–water partition coefficient (Wildman–Crippen LogP) is 0.874. The van der Waals surface area contributed by atoms with E-state index in [9.17, 15) is 0 Å². The van der Waals surface area contributed by atoms with Gasteiger partial charge in [-0.05, 0) is 18.1 Å². The van der Waals surface area contributed by atoms with Gasteiger partial charge in [0.1, 0.15) is 11.8 Å². The Kier molecular flexibility index (Phi) is 1.46. The van der Waals surface area contributed by atoms with Crippen LogP contribution in [0.1, 0.15) is 12.5 Å². The van der Waals surface area contributed by atoms with Crippen LogP contribution < -0.4 is 5.73 Å². The van der Waals surface area contributed by atoms with Crippen LogP contribution in [0.3, 0.4) is 0 Å². The fourth-order valence-electron chi connectivity index (χ4n) is 1.20. The van der Waals surface area contributed by atoms with Crippen LogP contribution in [0.5, 0.6) is 0 Å². The summed E-state index contributed by atoms with van der Waals surface area (Å²) in [6.45, 7) is 2.10. The molecule has 62 valence electrons. The highest BCUT2D eigenvalue weighted by Gasteiger charge is 2.01. The van der Waals surface area contributed by atoms with Crippen molar-refractivity contribution in [2.45, 2.75) is 13.3 Å². The van der Waals surface area contributed by atoms with Gasteiger partial charge in [-0.15, -0.1) is 0 Å². The van der Waals surface area contributed by atoms with Gasteiger partial charge in [-0.25, -0.2) is 9.50 Å². The lowest BCUT2D eigenvalue weighted by molar-refractivity contribution is 0.901. The van der Waals surface area contributed by atoms with Crippen molar-refractivity contribution in [3.63, 3.8) is 0 Å². The molecule has 0 spiro atoms. The molecule has 0 radical (unpaired) electrons. The topological polar surface area (TPSA) is 56.2 Å². The minimum atomic E-state index is 0.532. The Labute approximate surface area is 70.0 Å². The maximum atomic E-state index is 5.65. The third kappa shape index (κ3) is 0.922. The van der Waals surface area contributed by atoms with Crippen molar-refractivity contribution < 1.29 is 0 Å². The summed E-state index contributed by atoms with van der Waals surface area (Å²) >= 11 is 0. The standard InChI is InChI=1S/C8H10N4/c1-2-6-3-7-8(9)10-5-11-12(7)4-6/h3-5H,2H2,1H3,(H2,9,10,11). The number of fused-ring (bicyclic) bond motifs is 1. The number of hydrogen-bond acceptors (Lipinski definition) is 3. The van der Waals surface area contributed by atoms with Crippen molar-refractivity contribution in [1.82, 2.24) is 14.6 Å².